The number of methoxy groups -OCH3 is 1. The molecule has 1 atom stereocenters. The minimum atomic E-state index is -0.330. The van der Waals surface area contributed by atoms with Gasteiger partial charge in [0.25, 0.3) is 0 Å². The largest absolute Gasteiger partial charge is 0.466 e. The van der Waals surface area contributed by atoms with E-state index in [1.165, 1.54) is 31.6 Å². The summed E-state index contributed by atoms with van der Waals surface area (Å²) in [6.07, 6.45) is 10.6. The molecule has 1 aliphatic heterocycles. The molecule has 0 amide bonds. The predicted molar refractivity (Wildman–Crippen MR) is 97.9 cm³/mol. The molecular weight excluding hydrogens is 314 g/mol. The van der Waals surface area contributed by atoms with Crippen LogP contribution in [0.4, 0.5) is 0 Å². The predicted octanol–water partition coefficient (Wildman–Crippen LogP) is 3.30. The van der Waals surface area contributed by atoms with Gasteiger partial charge in [-0.05, 0) is 49.1 Å². The summed E-state index contributed by atoms with van der Waals surface area (Å²) in [5, 5.41) is 4.26. The Labute approximate surface area is 148 Å². The zero-order valence-electron chi connectivity index (χ0n) is 14.7. The van der Waals surface area contributed by atoms with Crippen LogP contribution in [0.3, 0.4) is 0 Å². The molecule has 1 aromatic carbocycles. The van der Waals surface area contributed by atoms with Crippen LogP contribution in [0.2, 0.25) is 0 Å². The third-order valence-electron chi connectivity index (χ3n) is 4.69. The molecule has 25 heavy (non-hydrogen) atoms. The van der Waals surface area contributed by atoms with E-state index in [9.17, 15) is 4.79 Å². The Kier molecular flexibility index (Phi) is 6.01. The monoisotopic (exact) mass is 339 g/mol. The van der Waals surface area contributed by atoms with Gasteiger partial charge in [0.2, 0.25) is 0 Å². The number of likely N-dealkylation sites (tertiary alicyclic amines) is 1. The lowest BCUT2D eigenvalue weighted by Crippen LogP contribution is -2.25. The molecule has 0 bridgehead atoms. The Morgan fingerprint density at radius 2 is 2.16 bits per heavy atom. The number of aromatic nitrogens is 2. The molecule has 2 heterocycles. The van der Waals surface area contributed by atoms with Gasteiger partial charge in [-0.3, -0.25) is 9.58 Å². The summed E-state index contributed by atoms with van der Waals surface area (Å²) < 4.78 is 6.61. The van der Waals surface area contributed by atoms with Crippen LogP contribution in [-0.2, 0) is 16.1 Å². The lowest BCUT2D eigenvalue weighted by atomic mass is 10.0. The minimum Gasteiger partial charge on any atom is -0.466 e. The van der Waals surface area contributed by atoms with Crippen LogP contribution in [0.15, 0.2) is 48.8 Å². The quantitative estimate of drug-likeness (QED) is 0.574. The zero-order valence-corrected chi connectivity index (χ0v) is 14.7. The van der Waals surface area contributed by atoms with Gasteiger partial charge in [-0.25, -0.2) is 4.79 Å². The van der Waals surface area contributed by atoms with Crippen molar-refractivity contribution in [2.45, 2.75) is 31.8 Å². The summed E-state index contributed by atoms with van der Waals surface area (Å²) >= 11 is 0. The van der Waals surface area contributed by atoms with Crippen molar-refractivity contribution in [1.29, 1.82) is 0 Å². The summed E-state index contributed by atoms with van der Waals surface area (Å²) in [6, 6.07) is 10.9. The highest BCUT2D eigenvalue weighted by Gasteiger charge is 2.25. The Balaban J connectivity index is 1.56. The van der Waals surface area contributed by atoms with Crippen molar-refractivity contribution in [2.24, 2.45) is 0 Å². The maximum atomic E-state index is 11.2. The second-order valence-corrected chi connectivity index (χ2v) is 6.34. The number of aryl methyl sites for hydroxylation is 1. The standard InChI is InChI=1S/C20H25N3O2/c1-25-20(24)11-8-17-6-9-18(10-7-17)19-5-2-13-22(19)14-4-16-23-15-3-12-21-23/h3,6-12,15,19H,2,4-5,13-14,16H2,1H3/b11-8+. The van der Waals surface area contributed by atoms with Crippen molar-refractivity contribution in [2.75, 3.05) is 20.2 Å². The number of ether oxygens (including phenoxy) is 1. The molecule has 132 valence electrons. The van der Waals surface area contributed by atoms with Crippen molar-refractivity contribution in [3.8, 4) is 0 Å². The Bertz CT molecular complexity index is 692. The summed E-state index contributed by atoms with van der Waals surface area (Å²) in [5.41, 5.74) is 2.36. The Morgan fingerprint density at radius 1 is 1.32 bits per heavy atom. The van der Waals surface area contributed by atoms with E-state index in [1.54, 1.807) is 6.08 Å². The summed E-state index contributed by atoms with van der Waals surface area (Å²) in [6.45, 7) is 3.22. The number of carbonyl (C=O) groups is 1. The molecular formula is C20H25N3O2. The second-order valence-electron chi connectivity index (χ2n) is 6.34. The van der Waals surface area contributed by atoms with E-state index in [1.807, 2.05) is 23.1 Å². The summed E-state index contributed by atoms with van der Waals surface area (Å²) in [7, 11) is 1.39. The molecule has 3 rings (SSSR count). The van der Waals surface area contributed by atoms with Gasteiger partial charge in [-0.15, -0.1) is 0 Å². The average molecular weight is 339 g/mol. The van der Waals surface area contributed by atoms with Gasteiger partial charge < -0.3 is 4.74 Å². The second kappa shape index (κ2) is 8.62. The number of hydrogen-bond donors (Lipinski definition) is 0. The number of rotatable bonds is 7. The van der Waals surface area contributed by atoms with E-state index < -0.39 is 0 Å². The fraction of sp³-hybridized carbons (Fsp3) is 0.400. The topological polar surface area (TPSA) is 47.4 Å². The van der Waals surface area contributed by atoms with Gasteiger partial charge in [-0.2, -0.15) is 5.10 Å². The smallest absolute Gasteiger partial charge is 0.330 e. The Morgan fingerprint density at radius 3 is 2.88 bits per heavy atom. The molecule has 1 fully saturated rings. The number of hydrogen-bond acceptors (Lipinski definition) is 4. The number of benzene rings is 1. The van der Waals surface area contributed by atoms with Crippen LogP contribution >= 0.6 is 0 Å². The third-order valence-corrected chi connectivity index (χ3v) is 4.69. The van der Waals surface area contributed by atoms with Crippen molar-refractivity contribution in [3.63, 3.8) is 0 Å². The molecule has 1 aliphatic rings. The van der Waals surface area contributed by atoms with Crippen LogP contribution in [0.25, 0.3) is 6.08 Å². The first-order valence-electron chi connectivity index (χ1n) is 8.84. The van der Waals surface area contributed by atoms with Crippen LogP contribution < -0.4 is 0 Å². The van der Waals surface area contributed by atoms with Gasteiger partial charge in [-0.1, -0.05) is 24.3 Å². The first-order chi connectivity index (χ1) is 12.3. The highest BCUT2D eigenvalue weighted by molar-refractivity contribution is 5.86. The first-order valence-corrected chi connectivity index (χ1v) is 8.84. The van der Waals surface area contributed by atoms with Crippen LogP contribution in [0.5, 0.6) is 0 Å². The fourth-order valence-electron chi connectivity index (χ4n) is 3.40. The van der Waals surface area contributed by atoms with Gasteiger partial charge in [0.15, 0.2) is 0 Å². The summed E-state index contributed by atoms with van der Waals surface area (Å²) in [4.78, 5) is 13.7. The van der Waals surface area contributed by atoms with Gasteiger partial charge in [0, 0.05) is 37.6 Å². The first kappa shape index (κ1) is 17.4. The number of carbonyl (C=O) groups excluding carboxylic acids is 1. The lowest BCUT2D eigenvalue weighted by molar-refractivity contribution is -0.134. The third kappa shape index (κ3) is 4.79. The minimum absolute atomic E-state index is 0.330. The molecule has 0 N–H and O–H groups in total. The molecule has 1 unspecified atom stereocenters. The SMILES string of the molecule is COC(=O)/C=C/c1ccc(C2CCCN2CCCn2cccn2)cc1. The maximum Gasteiger partial charge on any atom is 0.330 e. The van der Waals surface area contributed by atoms with E-state index in [-0.39, 0.29) is 5.97 Å². The number of esters is 1. The van der Waals surface area contributed by atoms with Crippen molar-refractivity contribution in [3.05, 3.63) is 59.9 Å². The van der Waals surface area contributed by atoms with Crippen molar-refractivity contribution in [1.82, 2.24) is 14.7 Å². The Hall–Kier alpha value is -2.40. The maximum absolute atomic E-state index is 11.2. The zero-order chi connectivity index (χ0) is 17.5. The van der Waals surface area contributed by atoms with Crippen LogP contribution in [0, 0.1) is 0 Å². The molecule has 0 saturated carbocycles. The van der Waals surface area contributed by atoms with E-state index in [0.717, 1.165) is 31.6 Å². The molecule has 0 radical (unpaired) electrons. The highest BCUT2D eigenvalue weighted by Crippen LogP contribution is 2.32. The lowest BCUT2D eigenvalue weighted by Gasteiger charge is -2.25. The fourth-order valence-corrected chi connectivity index (χ4v) is 3.40. The number of nitrogens with zero attached hydrogens (tertiary/aromatic N) is 3. The van der Waals surface area contributed by atoms with Crippen LogP contribution in [0.1, 0.15) is 36.4 Å². The molecule has 1 saturated heterocycles. The van der Waals surface area contributed by atoms with Crippen molar-refractivity contribution < 1.29 is 9.53 Å². The van der Waals surface area contributed by atoms with E-state index in [0.29, 0.717) is 6.04 Å². The molecule has 2 aromatic rings. The molecule has 0 spiro atoms. The molecule has 1 aromatic heterocycles. The summed E-state index contributed by atoms with van der Waals surface area (Å²) in [5.74, 6) is -0.330. The van der Waals surface area contributed by atoms with E-state index in [2.05, 4.69) is 39.0 Å². The average Bonchev–Trinajstić information content (AvgIpc) is 3.32. The van der Waals surface area contributed by atoms with Gasteiger partial charge in [0.1, 0.15) is 0 Å². The van der Waals surface area contributed by atoms with E-state index in [4.69, 9.17) is 0 Å². The highest BCUT2D eigenvalue weighted by atomic mass is 16.5. The van der Waals surface area contributed by atoms with Crippen molar-refractivity contribution >= 4 is 12.0 Å². The normalized spacial score (nSPS) is 18.0. The van der Waals surface area contributed by atoms with Crippen LogP contribution in [-0.4, -0.2) is 40.8 Å². The van der Waals surface area contributed by atoms with Gasteiger partial charge >= 0.3 is 5.97 Å². The van der Waals surface area contributed by atoms with Gasteiger partial charge in [0.05, 0.1) is 7.11 Å². The molecule has 0 aliphatic carbocycles. The molecule has 5 nitrogen and oxygen atoms in total. The van der Waals surface area contributed by atoms with E-state index >= 15 is 0 Å². The molecule has 5 heteroatoms.